The van der Waals surface area contributed by atoms with E-state index < -0.39 is 0 Å². The van der Waals surface area contributed by atoms with Gasteiger partial charge in [-0.1, -0.05) is 54.6 Å². The number of ether oxygens (including phenoxy) is 2. The molecule has 0 N–H and O–H groups in total. The third-order valence-corrected chi connectivity index (χ3v) is 4.71. The number of hydrogen-bond donors (Lipinski definition) is 0. The number of ketones is 1. The topological polar surface area (TPSA) is 35.5 Å². The minimum absolute atomic E-state index is 0.0548. The van der Waals surface area contributed by atoms with E-state index in [2.05, 4.69) is 0 Å². The molecule has 4 rings (SSSR count). The number of benzene rings is 3. The predicted octanol–water partition coefficient (Wildman–Crippen LogP) is 5.10. The fraction of sp³-hybridized carbons (Fsp3) is 0.125. The van der Waals surface area contributed by atoms with Crippen molar-refractivity contribution >= 4 is 11.9 Å². The molecule has 0 saturated heterocycles. The highest BCUT2D eigenvalue weighted by Crippen LogP contribution is 2.34. The lowest BCUT2D eigenvalue weighted by atomic mass is 10.1. The molecule has 3 heteroatoms. The molecule has 3 aromatic rings. The van der Waals surface area contributed by atoms with Crippen LogP contribution < -0.4 is 9.47 Å². The van der Waals surface area contributed by atoms with Crippen molar-refractivity contribution in [1.82, 2.24) is 0 Å². The van der Waals surface area contributed by atoms with Gasteiger partial charge in [0, 0.05) is 12.0 Å². The maximum absolute atomic E-state index is 13.0. The molecule has 0 heterocycles. The lowest BCUT2D eigenvalue weighted by Gasteiger charge is -2.10. The Morgan fingerprint density at radius 1 is 0.926 bits per heavy atom. The normalized spacial score (nSPS) is 14.3. The third-order valence-electron chi connectivity index (χ3n) is 4.71. The van der Waals surface area contributed by atoms with Gasteiger partial charge in [0.1, 0.15) is 18.1 Å². The summed E-state index contributed by atoms with van der Waals surface area (Å²) in [7, 11) is 1.64. The van der Waals surface area contributed by atoms with Crippen molar-refractivity contribution in [2.45, 2.75) is 13.0 Å². The van der Waals surface area contributed by atoms with E-state index in [1.54, 1.807) is 7.11 Å². The highest BCUT2D eigenvalue weighted by atomic mass is 16.5. The average Bonchev–Trinajstić information content (AvgIpc) is 3.03. The number of rotatable bonds is 5. The van der Waals surface area contributed by atoms with Gasteiger partial charge in [0.2, 0.25) is 0 Å². The molecule has 0 amide bonds. The average molecular weight is 356 g/mol. The smallest absolute Gasteiger partial charge is 0.193 e. The zero-order valence-electron chi connectivity index (χ0n) is 15.1. The minimum atomic E-state index is 0.0548. The van der Waals surface area contributed by atoms with E-state index in [1.807, 2.05) is 78.9 Å². The fourth-order valence-electron chi connectivity index (χ4n) is 3.30. The number of Topliss-reactive ketones (excluding diaryl/α,β-unsaturated/α-hetero) is 1. The Morgan fingerprint density at radius 3 is 2.44 bits per heavy atom. The van der Waals surface area contributed by atoms with Crippen LogP contribution in [-0.2, 0) is 13.0 Å². The van der Waals surface area contributed by atoms with E-state index in [-0.39, 0.29) is 5.78 Å². The van der Waals surface area contributed by atoms with Crippen LogP contribution in [-0.4, -0.2) is 12.9 Å². The minimum Gasteiger partial charge on any atom is -0.497 e. The predicted molar refractivity (Wildman–Crippen MR) is 106 cm³/mol. The molecule has 134 valence electrons. The highest BCUT2D eigenvalue weighted by molar-refractivity contribution is 6.17. The van der Waals surface area contributed by atoms with Crippen molar-refractivity contribution in [3.63, 3.8) is 0 Å². The lowest BCUT2D eigenvalue weighted by molar-refractivity contribution is 0.103. The first-order valence-corrected chi connectivity index (χ1v) is 8.92. The Morgan fingerprint density at radius 2 is 1.70 bits per heavy atom. The maximum atomic E-state index is 13.0. The second kappa shape index (κ2) is 7.50. The van der Waals surface area contributed by atoms with E-state index in [0.29, 0.717) is 24.3 Å². The molecule has 0 atom stereocenters. The first-order chi connectivity index (χ1) is 13.2. The molecule has 1 aliphatic rings. The molecule has 27 heavy (non-hydrogen) atoms. The van der Waals surface area contributed by atoms with Crippen LogP contribution in [0.15, 0.2) is 78.4 Å². The molecule has 0 radical (unpaired) electrons. The Kier molecular flexibility index (Phi) is 4.75. The van der Waals surface area contributed by atoms with Crippen molar-refractivity contribution in [3.8, 4) is 11.5 Å². The summed E-state index contributed by atoms with van der Waals surface area (Å²) in [5.41, 5.74) is 4.58. The number of carbonyl (C=O) groups excluding carboxylic acids is 1. The van der Waals surface area contributed by atoms with Crippen LogP contribution in [0.2, 0.25) is 0 Å². The quantitative estimate of drug-likeness (QED) is 0.597. The first-order valence-electron chi connectivity index (χ1n) is 8.92. The van der Waals surface area contributed by atoms with Gasteiger partial charge in [-0.2, -0.15) is 0 Å². The number of hydrogen-bond acceptors (Lipinski definition) is 3. The van der Waals surface area contributed by atoms with Crippen molar-refractivity contribution in [2.24, 2.45) is 0 Å². The standard InChI is InChI=1S/C24H20O3/c1-26-21-12-10-18(11-13-21)16-27-22-9-5-8-19-15-20(24(25)23(19)22)14-17-6-3-2-4-7-17/h2-14H,15-16H2,1H3/b20-14+. The molecule has 0 unspecified atom stereocenters. The number of allylic oxidation sites excluding steroid dienone is 1. The van der Waals surface area contributed by atoms with Crippen LogP contribution in [0.4, 0.5) is 0 Å². The summed E-state index contributed by atoms with van der Waals surface area (Å²) in [6.07, 6.45) is 2.61. The molecular weight excluding hydrogens is 336 g/mol. The Labute approximate surface area is 158 Å². The first kappa shape index (κ1) is 17.1. The second-order valence-electron chi connectivity index (χ2n) is 6.51. The molecule has 0 bridgehead atoms. The van der Waals surface area contributed by atoms with Crippen molar-refractivity contribution in [3.05, 3.63) is 101 Å². The van der Waals surface area contributed by atoms with Gasteiger partial charge in [0.15, 0.2) is 5.78 Å². The molecule has 1 aliphatic carbocycles. The van der Waals surface area contributed by atoms with Crippen LogP contribution in [0.1, 0.15) is 27.0 Å². The summed E-state index contributed by atoms with van der Waals surface area (Å²) in [6.45, 7) is 0.408. The van der Waals surface area contributed by atoms with Gasteiger partial charge < -0.3 is 9.47 Å². The van der Waals surface area contributed by atoms with E-state index in [4.69, 9.17) is 9.47 Å². The van der Waals surface area contributed by atoms with Crippen molar-refractivity contribution < 1.29 is 14.3 Å². The fourth-order valence-corrected chi connectivity index (χ4v) is 3.30. The molecule has 3 nitrogen and oxygen atoms in total. The van der Waals surface area contributed by atoms with Gasteiger partial charge in [-0.15, -0.1) is 0 Å². The van der Waals surface area contributed by atoms with Gasteiger partial charge in [-0.25, -0.2) is 0 Å². The van der Waals surface area contributed by atoms with Crippen molar-refractivity contribution in [2.75, 3.05) is 7.11 Å². The number of fused-ring (bicyclic) bond motifs is 1. The monoisotopic (exact) mass is 356 g/mol. The number of methoxy groups -OCH3 is 1. The molecule has 0 saturated carbocycles. The summed E-state index contributed by atoms with van der Waals surface area (Å²) in [4.78, 5) is 13.0. The van der Waals surface area contributed by atoms with E-state index >= 15 is 0 Å². The van der Waals surface area contributed by atoms with Crippen molar-refractivity contribution in [1.29, 1.82) is 0 Å². The molecule has 0 spiro atoms. The zero-order chi connectivity index (χ0) is 18.6. The molecule has 0 aromatic heterocycles. The van der Waals surface area contributed by atoms with E-state index in [0.717, 1.165) is 28.0 Å². The largest absolute Gasteiger partial charge is 0.497 e. The summed E-state index contributed by atoms with van der Waals surface area (Å²) in [5.74, 6) is 1.51. The Bertz CT molecular complexity index is 986. The van der Waals surface area contributed by atoms with Gasteiger partial charge >= 0.3 is 0 Å². The van der Waals surface area contributed by atoms with Gasteiger partial charge in [0.05, 0.1) is 12.7 Å². The molecule has 0 fully saturated rings. The number of carbonyl (C=O) groups is 1. The van der Waals surface area contributed by atoms with Crippen LogP contribution in [0.25, 0.3) is 6.08 Å². The molecule has 0 aliphatic heterocycles. The summed E-state index contributed by atoms with van der Waals surface area (Å²) in [6, 6.07) is 23.5. The van der Waals surface area contributed by atoms with E-state index in [1.165, 1.54) is 0 Å². The molecular formula is C24H20O3. The third kappa shape index (κ3) is 3.63. The van der Waals surface area contributed by atoms with Gasteiger partial charge in [-0.05, 0) is 41.0 Å². The van der Waals surface area contributed by atoms with Gasteiger partial charge in [0.25, 0.3) is 0 Å². The van der Waals surface area contributed by atoms with Crippen LogP contribution in [0.3, 0.4) is 0 Å². The van der Waals surface area contributed by atoms with Crippen LogP contribution in [0.5, 0.6) is 11.5 Å². The SMILES string of the molecule is COc1ccc(COc2cccc3c2C(=O)/C(=C/c2ccccc2)C3)cc1. The van der Waals surface area contributed by atoms with Crippen LogP contribution in [0, 0.1) is 0 Å². The summed E-state index contributed by atoms with van der Waals surface area (Å²) < 4.78 is 11.2. The Hall–Kier alpha value is -3.33. The maximum Gasteiger partial charge on any atom is 0.193 e. The molecule has 3 aromatic carbocycles. The Balaban J connectivity index is 1.55. The lowest BCUT2D eigenvalue weighted by Crippen LogP contribution is -2.02. The summed E-state index contributed by atoms with van der Waals surface area (Å²) >= 11 is 0. The zero-order valence-corrected chi connectivity index (χ0v) is 15.1. The van der Waals surface area contributed by atoms with Gasteiger partial charge in [-0.3, -0.25) is 4.79 Å². The van der Waals surface area contributed by atoms with Crippen LogP contribution >= 0.6 is 0 Å². The summed E-state index contributed by atoms with van der Waals surface area (Å²) in [5, 5.41) is 0. The van der Waals surface area contributed by atoms with E-state index in [9.17, 15) is 4.79 Å². The highest BCUT2D eigenvalue weighted by Gasteiger charge is 2.28. The second-order valence-corrected chi connectivity index (χ2v) is 6.51.